The summed E-state index contributed by atoms with van der Waals surface area (Å²) >= 11 is 0. The lowest BCUT2D eigenvalue weighted by atomic mass is 10.2. The Balaban J connectivity index is 1.68. The van der Waals surface area contributed by atoms with E-state index < -0.39 is 0 Å². The van der Waals surface area contributed by atoms with Crippen LogP contribution in [-0.4, -0.2) is 34.6 Å². The van der Waals surface area contributed by atoms with Crippen molar-refractivity contribution in [1.29, 1.82) is 0 Å². The molecule has 2 aromatic rings. The molecule has 0 aliphatic rings. The number of benzene rings is 1. The van der Waals surface area contributed by atoms with E-state index in [1.54, 1.807) is 6.20 Å². The van der Waals surface area contributed by atoms with Crippen LogP contribution in [-0.2, 0) is 13.1 Å². The number of nitrogens with zero attached hydrogens (tertiary/aromatic N) is 4. The summed E-state index contributed by atoms with van der Waals surface area (Å²) in [6, 6.07) is 8.83. The number of rotatable bonds is 9. The van der Waals surface area contributed by atoms with Gasteiger partial charge in [-0.1, -0.05) is 17.3 Å². The first-order valence-corrected chi connectivity index (χ1v) is 7.72. The maximum Gasteiger partial charge on any atom is 0.0692 e. The van der Waals surface area contributed by atoms with E-state index in [0.29, 0.717) is 0 Å². The third kappa shape index (κ3) is 4.86. The molecule has 0 saturated heterocycles. The van der Waals surface area contributed by atoms with E-state index in [2.05, 4.69) is 58.6 Å². The second-order valence-electron chi connectivity index (χ2n) is 5.04. The molecule has 0 saturated carbocycles. The normalized spacial score (nSPS) is 10.8. The second-order valence-corrected chi connectivity index (χ2v) is 5.04. The molecule has 1 heterocycles. The standard InChI is InChI=1S/C16H25N5/c1-3-20(4-2)16-8-6-15(7-9-16)14-17-10-5-12-21-13-11-18-19-21/h6-9,11,13,17H,3-5,10,12,14H2,1-2H3. The Hall–Kier alpha value is -1.88. The van der Waals surface area contributed by atoms with E-state index in [-0.39, 0.29) is 0 Å². The molecule has 1 aromatic carbocycles. The van der Waals surface area contributed by atoms with E-state index in [0.717, 1.165) is 39.1 Å². The lowest BCUT2D eigenvalue weighted by molar-refractivity contribution is 0.530. The molecule has 21 heavy (non-hydrogen) atoms. The fourth-order valence-corrected chi connectivity index (χ4v) is 2.36. The molecule has 5 heteroatoms. The van der Waals surface area contributed by atoms with Crippen molar-refractivity contribution in [2.24, 2.45) is 0 Å². The van der Waals surface area contributed by atoms with E-state index in [4.69, 9.17) is 0 Å². The van der Waals surface area contributed by atoms with Crippen molar-refractivity contribution in [3.8, 4) is 0 Å². The molecule has 5 nitrogen and oxygen atoms in total. The van der Waals surface area contributed by atoms with Gasteiger partial charge in [0.2, 0.25) is 0 Å². The highest BCUT2D eigenvalue weighted by Crippen LogP contribution is 2.14. The SMILES string of the molecule is CCN(CC)c1ccc(CNCCCn2ccnn2)cc1. The molecule has 0 unspecified atom stereocenters. The smallest absolute Gasteiger partial charge is 0.0692 e. The maximum absolute atomic E-state index is 3.95. The summed E-state index contributed by atoms with van der Waals surface area (Å²) < 4.78 is 1.86. The van der Waals surface area contributed by atoms with Crippen LogP contribution in [0, 0.1) is 0 Å². The predicted octanol–water partition coefficient (Wildman–Crippen LogP) is 2.30. The van der Waals surface area contributed by atoms with Crippen molar-refractivity contribution in [3.63, 3.8) is 0 Å². The van der Waals surface area contributed by atoms with Gasteiger partial charge in [0.25, 0.3) is 0 Å². The molecule has 0 amide bonds. The molecule has 114 valence electrons. The van der Waals surface area contributed by atoms with Crippen LogP contribution in [0.25, 0.3) is 0 Å². The first-order valence-electron chi connectivity index (χ1n) is 7.72. The molecule has 1 N–H and O–H groups in total. The molecule has 2 rings (SSSR count). The molecule has 1 aromatic heterocycles. The van der Waals surface area contributed by atoms with Crippen molar-refractivity contribution in [2.75, 3.05) is 24.5 Å². The Labute approximate surface area is 127 Å². The summed E-state index contributed by atoms with van der Waals surface area (Å²) in [4.78, 5) is 2.36. The fraction of sp³-hybridized carbons (Fsp3) is 0.500. The van der Waals surface area contributed by atoms with Gasteiger partial charge >= 0.3 is 0 Å². The average molecular weight is 287 g/mol. The van der Waals surface area contributed by atoms with Crippen LogP contribution in [0.4, 0.5) is 5.69 Å². The van der Waals surface area contributed by atoms with Gasteiger partial charge in [-0.3, -0.25) is 4.68 Å². The summed E-state index contributed by atoms with van der Waals surface area (Å²) in [7, 11) is 0. The minimum Gasteiger partial charge on any atom is -0.372 e. The molecule has 0 bridgehead atoms. The van der Waals surface area contributed by atoms with Crippen LogP contribution in [0.1, 0.15) is 25.8 Å². The van der Waals surface area contributed by atoms with Crippen molar-refractivity contribution < 1.29 is 0 Å². The Bertz CT molecular complexity index is 488. The van der Waals surface area contributed by atoms with Gasteiger partial charge in [-0.15, -0.1) is 5.10 Å². The number of aryl methyl sites for hydroxylation is 1. The highest BCUT2D eigenvalue weighted by atomic mass is 15.4. The second kappa shape index (κ2) is 8.42. The predicted molar refractivity (Wildman–Crippen MR) is 86.3 cm³/mol. The van der Waals surface area contributed by atoms with E-state index >= 15 is 0 Å². The minimum atomic E-state index is 0.911. The zero-order valence-electron chi connectivity index (χ0n) is 13.0. The number of aromatic nitrogens is 3. The summed E-state index contributed by atoms with van der Waals surface area (Å²) in [5.74, 6) is 0. The van der Waals surface area contributed by atoms with Crippen LogP contribution in [0.3, 0.4) is 0 Å². The van der Waals surface area contributed by atoms with Gasteiger partial charge < -0.3 is 10.2 Å². The van der Waals surface area contributed by atoms with Crippen molar-refractivity contribution in [2.45, 2.75) is 33.4 Å². The molecular formula is C16H25N5. The first-order chi connectivity index (χ1) is 10.3. The average Bonchev–Trinajstić information content (AvgIpc) is 3.03. The number of hydrogen-bond acceptors (Lipinski definition) is 4. The molecule has 0 spiro atoms. The number of anilines is 1. The fourth-order valence-electron chi connectivity index (χ4n) is 2.36. The molecule has 0 radical (unpaired) electrons. The van der Waals surface area contributed by atoms with Crippen molar-refractivity contribution in [3.05, 3.63) is 42.2 Å². The van der Waals surface area contributed by atoms with Gasteiger partial charge in [-0.25, -0.2) is 0 Å². The van der Waals surface area contributed by atoms with Crippen LogP contribution in [0.15, 0.2) is 36.7 Å². The molecule has 0 aliphatic carbocycles. The van der Waals surface area contributed by atoms with E-state index in [1.807, 2.05) is 10.9 Å². The molecule has 0 atom stereocenters. The first kappa shape index (κ1) is 15.5. The molecule has 0 fully saturated rings. The van der Waals surface area contributed by atoms with E-state index in [1.165, 1.54) is 11.3 Å². The lowest BCUT2D eigenvalue weighted by Gasteiger charge is -2.21. The summed E-state index contributed by atoms with van der Waals surface area (Å²) in [6.07, 6.45) is 4.66. The Morgan fingerprint density at radius 2 is 1.90 bits per heavy atom. The van der Waals surface area contributed by atoms with Gasteiger partial charge in [0, 0.05) is 38.1 Å². The van der Waals surface area contributed by atoms with Crippen LogP contribution in [0.2, 0.25) is 0 Å². The molecule has 0 aliphatic heterocycles. The van der Waals surface area contributed by atoms with Gasteiger partial charge in [0.1, 0.15) is 0 Å². The summed E-state index contributed by atoms with van der Waals surface area (Å²) in [6.45, 7) is 9.29. The van der Waals surface area contributed by atoms with Crippen LogP contribution in [0.5, 0.6) is 0 Å². The van der Waals surface area contributed by atoms with Crippen molar-refractivity contribution >= 4 is 5.69 Å². The van der Waals surface area contributed by atoms with Crippen LogP contribution >= 0.6 is 0 Å². The Kier molecular flexibility index (Phi) is 6.22. The van der Waals surface area contributed by atoms with Crippen molar-refractivity contribution in [1.82, 2.24) is 20.3 Å². The van der Waals surface area contributed by atoms with Gasteiger partial charge in [0.15, 0.2) is 0 Å². The third-order valence-electron chi connectivity index (χ3n) is 3.61. The highest BCUT2D eigenvalue weighted by Gasteiger charge is 2.01. The Morgan fingerprint density at radius 1 is 1.14 bits per heavy atom. The van der Waals surface area contributed by atoms with Gasteiger partial charge in [0.05, 0.1) is 6.20 Å². The van der Waals surface area contributed by atoms with Crippen LogP contribution < -0.4 is 10.2 Å². The highest BCUT2D eigenvalue weighted by molar-refractivity contribution is 5.47. The lowest BCUT2D eigenvalue weighted by Crippen LogP contribution is -2.21. The molecular weight excluding hydrogens is 262 g/mol. The summed E-state index contributed by atoms with van der Waals surface area (Å²) in [5, 5.41) is 11.2. The zero-order chi connectivity index (χ0) is 14.9. The van der Waals surface area contributed by atoms with Gasteiger partial charge in [-0.05, 0) is 44.5 Å². The topological polar surface area (TPSA) is 46.0 Å². The zero-order valence-corrected chi connectivity index (χ0v) is 13.0. The van der Waals surface area contributed by atoms with Gasteiger partial charge in [-0.2, -0.15) is 0 Å². The quantitative estimate of drug-likeness (QED) is 0.719. The Morgan fingerprint density at radius 3 is 2.52 bits per heavy atom. The minimum absolute atomic E-state index is 0.911. The largest absolute Gasteiger partial charge is 0.372 e. The number of hydrogen-bond donors (Lipinski definition) is 1. The maximum atomic E-state index is 3.95. The van der Waals surface area contributed by atoms with E-state index in [9.17, 15) is 0 Å². The monoisotopic (exact) mass is 287 g/mol. The number of nitrogens with one attached hydrogen (secondary N) is 1. The third-order valence-corrected chi connectivity index (χ3v) is 3.61. The summed E-state index contributed by atoms with van der Waals surface area (Å²) in [5.41, 5.74) is 2.63.